The molecule has 2 heterocycles. The van der Waals surface area contributed by atoms with E-state index in [0.717, 1.165) is 23.1 Å². The van der Waals surface area contributed by atoms with Crippen molar-refractivity contribution in [3.8, 4) is 5.75 Å². The quantitative estimate of drug-likeness (QED) is 0.256. The van der Waals surface area contributed by atoms with Crippen LogP contribution in [0.15, 0.2) is 73.1 Å². The summed E-state index contributed by atoms with van der Waals surface area (Å²) < 4.78 is 91.0. The second-order valence-corrected chi connectivity index (χ2v) is 9.95. The van der Waals surface area contributed by atoms with Crippen molar-refractivity contribution in [3.05, 3.63) is 113 Å². The highest BCUT2D eigenvalue weighted by molar-refractivity contribution is 5.77. The van der Waals surface area contributed by atoms with Crippen molar-refractivity contribution in [2.45, 2.75) is 36.8 Å². The van der Waals surface area contributed by atoms with Gasteiger partial charge in [0.05, 0.1) is 30.8 Å². The van der Waals surface area contributed by atoms with Crippen LogP contribution in [0.25, 0.3) is 0 Å². The lowest BCUT2D eigenvalue weighted by Crippen LogP contribution is -2.53. The van der Waals surface area contributed by atoms with Gasteiger partial charge in [0.2, 0.25) is 0 Å². The third kappa shape index (κ3) is 5.76. The molecular weight excluding hydrogens is 564 g/mol. The van der Waals surface area contributed by atoms with Gasteiger partial charge in [0.15, 0.2) is 11.6 Å². The smallest absolute Gasteiger partial charge is 0.416 e. The molecule has 13 heteroatoms. The average Bonchev–Trinajstić information content (AvgIpc) is 3.62. The Balaban J connectivity index is 1.72. The van der Waals surface area contributed by atoms with Crippen molar-refractivity contribution >= 4 is 6.03 Å². The first-order valence-corrected chi connectivity index (χ1v) is 12.8. The average molecular weight is 590 g/mol. The Morgan fingerprint density at radius 3 is 2.45 bits per heavy atom. The number of alkyl halides is 4. The number of carbonyl (C=O) groups is 1. The zero-order valence-electron chi connectivity index (χ0n) is 22.1. The molecule has 0 aliphatic carbocycles. The number of rotatable bonds is 7. The number of nitrogens with one attached hydrogen (secondary N) is 2. The van der Waals surface area contributed by atoms with Gasteiger partial charge in [0.25, 0.3) is 0 Å². The van der Waals surface area contributed by atoms with Gasteiger partial charge in [-0.15, -0.1) is 0 Å². The summed E-state index contributed by atoms with van der Waals surface area (Å²) >= 11 is 0. The Labute approximate surface area is 236 Å². The minimum atomic E-state index is -4.92. The molecule has 3 aromatic carbocycles. The number of aromatic nitrogens is 3. The van der Waals surface area contributed by atoms with Crippen LogP contribution < -0.4 is 10.1 Å². The van der Waals surface area contributed by atoms with E-state index >= 15 is 0 Å². The van der Waals surface area contributed by atoms with E-state index in [4.69, 9.17) is 4.74 Å². The van der Waals surface area contributed by atoms with Crippen LogP contribution in [-0.4, -0.2) is 45.9 Å². The van der Waals surface area contributed by atoms with Crippen molar-refractivity contribution in [1.82, 2.24) is 25.4 Å². The molecular formula is C29H25F6N5O2. The molecule has 5 rings (SSSR count). The van der Waals surface area contributed by atoms with Crippen molar-refractivity contribution in [2.24, 2.45) is 0 Å². The number of halogens is 6. The number of aromatic amines is 1. The van der Waals surface area contributed by atoms with Gasteiger partial charge in [-0.3, -0.25) is 5.10 Å². The Morgan fingerprint density at radius 2 is 1.79 bits per heavy atom. The Kier molecular flexibility index (Phi) is 7.85. The van der Waals surface area contributed by atoms with Gasteiger partial charge >= 0.3 is 12.2 Å². The third-order valence-electron chi connectivity index (χ3n) is 7.25. The SMILES string of the molecule is COc1cc([C@@](Cc2ccccc2)(NC(=O)N2C[C@@H](F)C[C@H]2c2ncn[nH]2)c2cc(F)cc(C(F)(F)F)c2)ccc1F. The van der Waals surface area contributed by atoms with Crippen molar-refractivity contribution in [3.63, 3.8) is 0 Å². The van der Waals surface area contributed by atoms with Crippen LogP contribution in [0.2, 0.25) is 0 Å². The molecule has 1 aliphatic rings. The van der Waals surface area contributed by atoms with Gasteiger partial charge in [-0.2, -0.15) is 18.3 Å². The van der Waals surface area contributed by atoms with Gasteiger partial charge in [-0.05, 0) is 47.0 Å². The highest BCUT2D eigenvalue weighted by atomic mass is 19.4. The summed E-state index contributed by atoms with van der Waals surface area (Å²) in [5.74, 6) is -2.00. The summed E-state index contributed by atoms with van der Waals surface area (Å²) in [5, 5.41) is 9.18. The summed E-state index contributed by atoms with van der Waals surface area (Å²) in [5.41, 5.74) is -2.82. The first-order valence-electron chi connectivity index (χ1n) is 12.8. The van der Waals surface area contributed by atoms with E-state index in [0.29, 0.717) is 11.6 Å². The molecule has 220 valence electrons. The molecule has 0 spiro atoms. The Hall–Kier alpha value is -4.55. The molecule has 1 aliphatic heterocycles. The van der Waals surface area contributed by atoms with Crippen LogP contribution in [-0.2, 0) is 18.1 Å². The highest BCUT2D eigenvalue weighted by Crippen LogP contribution is 2.41. The zero-order valence-corrected chi connectivity index (χ0v) is 22.1. The number of hydrogen-bond donors (Lipinski definition) is 2. The number of likely N-dealkylation sites (tertiary alicyclic amines) is 1. The molecule has 2 amide bonds. The second-order valence-electron chi connectivity index (χ2n) is 9.95. The van der Waals surface area contributed by atoms with E-state index in [9.17, 15) is 31.1 Å². The van der Waals surface area contributed by atoms with Gasteiger partial charge in [0, 0.05) is 12.8 Å². The van der Waals surface area contributed by atoms with Crippen LogP contribution in [0.5, 0.6) is 5.75 Å². The minimum Gasteiger partial charge on any atom is -0.494 e. The maximum atomic E-state index is 14.9. The second kappa shape index (κ2) is 11.4. The monoisotopic (exact) mass is 589 g/mol. The fourth-order valence-electron chi connectivity index (χ4n) is 5.28. The molecule has 0 unspecified atom stereocenters. The van der Waals surface area contributed by atoms with Crippen molar-refractivity contribution in [1.29, 1.82) is 0 Å². The molecule has 2 N–H and O–H groups in total. The molecule has 7 nitrogen and oxygen atoms in total. The first kappa shape index (κ1) is 29.0. The number of benzene rings is 3. The molecule has 3 atom stereocenters. The van der Waals surface area contributed by atoms with Gasteiger partial charge in [0.1, 0.15) is 24.1 Å². The molecule has 0 bridgehead atoms. The molecule has 0 radical (unpaired) electrons. The fourth-order valence-corrected chi connectivity index (χ4v) is 5.28. The predicted molar refractivity (Wildman–Crippen MR) is 139 cm³/mol. The van der Waals surface area contributed by atoms with E-state index in [1.807, 2.05) is 0 Å². The Bertz CT molecular complexity index is 1550. The van der Waals surface area contributed by atoms with Gasteiger partial charge < -0.3 is 15.0 Å². The van der Waals surface area contributed by atoms with Crippen molar-refractivity contribution < 1.29 is 35.9 Å². The summed E-state index contributed by atoms with van der Waals surface area (Å²) in [6.45, 7) is -0.345. The molecule has 1 fully saturated rings. The number of amides is 2. The molecule has 0 saturated carbocycles. The molecule has 42 heavy (non-hydrogen) atoms. The number of hydrogen-bond acceptors (Lipinski definition) is 4. The molecule has 4 aromatic rings. The minimum absolute atomic E-state index is 0.100. The van der Waals surface area contributed by atoms with Crippen molar-refractivity contribution in [2.75, 3.05) is 13.7 Å². The number of nitrogens with zero attached hydrogens (tertiary/aromatic N) is 3. The van der Waals surface area contributed by atoms with Crippen LogP contribution >= 0.6 is 0 Å². The van der Waals surface area contributed by atoms with Gasteiger partial charge in [-0.25, -0.2) is 22.9 Å². The highest BCUT2D eigenvalue weighted by Gasteiger charge is 2.44. The topological polar surface area (TPSA) is 83.1 Å². The summed E-state index contributed by atoms with van der Waals surface area (Å²) in [7, 11) is 1.21. The lowest BCUT2D eigenvalue weighted by atomic mass is 9.77. The first-order chi connectivity index (χ1) is 20.0. The lowest BCUT2D eigenvalue weighted by Gasteiger charge is -2.39. The summed E-state index contributed by atoms with van der Waals surface area (Å²) in [6.07, 6.45) is -5.43. The normalized spacial score (nSPS) is 18.5. The standard InChI is InChI=1S/C29H25F6N5O2/c1-42-25-12-18(7-8-23(25)32)28(14-17-5-3-2-4-6-17,19-9-20(29(33,34)35)11-21(30)10-19)38-27(41)40-15-22(31)13-24(40)26-36-16-37-39-26/h2-12,16,22,24H,13-15H2,1H3,(H,38,41)(H,36,37,39)/t22-,24-,28+/m0/s1. The van der Waals surface area contributed by atoms with E-state index in [1.54, 1.807) is 30.3 Å². The lowest BCUT2D eigenvalue weighted by molar-refractivity contribution is -0.137. The third-order valence-corrected chi connectivity index (χ3v) is 7.25. The summed E-state index contributed by atoms with van der Waals surface area (Å²) in [6, 6.07) is 12.2. The summed E-state index contributed by atoms with van der Waals surface area (Å²) in [4.78, 5) is 19.2. The number of ether oxygens (including phenoxy) is 1. The zero-order chi connectivity index (χ0) is 30.1. The number of urea groups is 1. The van der Waals surface area contributed by atoms with E-state index in [2.05, 4.69) is 20.5 Å². The largest absolute Gasteiger partial charge is 0.494 e. The van der Waals surface area contributed by atoms with Gasteiger partial charge in [-0.1, -0.05) is 36.4 Å². The van der Waals surface area contributed by atoms with Crippen LogP contribution in [0.4, 0.5) is 31.1 Å². The fraction of sp³-hybridized carbons (Fsp3) is 0.276. The predicted octanol–water partition coefficient (Wildman–Crippen LogP) is 6.09. The van der Waals surface area contributed by atoms with E-state index in [-0.39, 0.29) is 42.1 Å². The van der Waals surface area contributed by atoms with Crippen LogP contribution in [0, 0.1) is 11.6 Å². The molecule has 1 saturated heterocycles. The number of methoxy groups -OCH3 is 1. The maximum Gasteiger partial charge on any atom is 0.416 e. The van der Waals surface area contributed by atoms with E-state index in [1.165, 1.54) is 25.6 Å². The number of carbonyl (C=O) groups excluding carboxylic acids is 1. The number of H-pyrrole nitrogens is 1. The van der Waals surface area contributed by atoms with E-state index < -0.39 is 47.2 Å². The van der Waals surface area contributed by atoms with Crippen LogP contribution in [0.3, 0.4) is 0 Å². The molecule has 1 aromatic heterocycles. The van der Waals surface area contributed by atoms with Crippen LogP contribution in [0.1, 0.15) is 40.5 Å². The Morgan fingerprint density at radius 1 is 1.05 bits per heavy atom. The maximum absolute atomic E-state index is 14.9.